The van der Waals surface area contributed by atoms with Crippen LogP contribution in [-0.2, 0) is 6.42 Å². The van der Waals surface area contributed by atoms with E-state index in [1.54, 1.807) is 5.38 Å². The molecule has 0 saturated heterocycles. The average Bonchev–Trinajstić information content (AvgIpc) is 2.73. The predicted octanol–water partition coefficient (Wildman–Crippen LogP) is 1.17. The summed E-state index contributed by atoms with van der Waals surface area (Å²) in [7, 11) is 0. The van der Waals surface area contributed by atoms with Crippen LogP contribution in [0.2, 0.25) is 0 Å². The van der Waals surface area contributed by atoms with Crippen molar-refractivity contribution in [2.75, 3.05) is 13.1 Å². The summed E-state index contributed by atoms with van der Waals surface area (Å²) in [5, 5.41) is 15.1. The van der Waals surface area contributed by atoms with Crippen molar-refractivity contribution in [3.8, 4) is 0 Å². The first kappa shape index (κ1) is 16.1. The topological polar surface area (TPSA) is 88.2 Å². The molecule has 108 valence electrons. The molecule has 0 aliphatic carbocycles. The molecule has 1 rings (SSSR count). The van der Waals surface area contributed by atoms with Crippen LogP contribution in [0.1, 0.15) is 42.7 Å². The minimum absolute atomic E-state index is 0.0407. The highest BCUT2D eigenvalue weighted by atomic mass is 32.1. The molecule has 1 aromatic heterocycles. The van der Waals surface area contributed by atoms with Gasteiger partial charge in [0.15, 0.2) is 0 Å². The predicted molar refractivity (Wildman–Crippen MR) is 77.3 cm³/mol. The van der Waals surface area contributed by atoms with Gasteiger partial charge in [0.2, 0.25) is 0 Å². The third-order valence-electron chi connectivity index (χ3n) is 2.49. The molecule has 0 aliphatic rings. The van der Waals surface area contributed by atoms with E-state index in [4.69, 9.17) is 5.73 Å². The van der Waals surface area contributed by atoms with Gasteiger partial charge < -0.3 is 16.2 Å². The third-order valence-corrected chi connectivity index (χ3v) is 3.40. The molecule has 0 fully saturated rings. The van der Waals surface area contributed by atoms with E-state index in [2.05, 4.69) is 31.1 Å². The maximum absolute atomic E-state index is 11.8. The van der Waals surface area contributed by atoms with Gasteiger partial charge in [0, 0.05) is 18.3 Å². The smallest absolute Gasteiger partial charge is 0.270 e. The second-order valence-corrected chi connectivity index (χ2v) is 6.74. The second kappa shape index (κ2) is 6.98. The van der Waals surface area contributed by atoms with E-state index >= 15 is 0 Å². The Kier molecular flexibility index (Phi) is 5.90. The van der Waals surface area contributed by atoms with Gasteiger partial charge in [-0.15, -0.1) is 11.3 Å². The molecule has 1 atom stereocenters. The fourth-order valence-electron chi connectivity index (χ4n) is 1.73. The maximum Gasteiger partial charge on any atom is 0.270 e. The van der Waals surface area contributed by atoms with E-state index in [1.165, 1.54) is 11.3 Å². The lowest BCUT2D eigenvalue weighted by atomic mass is 9.89. The highest BCUT2D eigenvalue weighted by Gasteiger charge is 2.18. The standard InChI is InChI=1S/C13H23N3O2S/c1-13(2,3)6-9(17)7-15-12(18)10-8-19-11(16-10)4-5-14/h8-9,17H,4-7,14H2,1-3H3,(H,15,18). The molecule has 0 saturated carbocycles. The van der Waals surface area contributed by atoms with Crippen LogP contribution >= 0.6 is 11.3 Å². The average molecular weight is 285 g/mol. The van der Waals surface area contributed by atoms with Crippen molar-refractivity contribution in [3.63, 3.8) is 0 Å². The molecule has 0 aromatic carbocycles. The Morgan fingerprint density at radius 1 is 1.58 bits per heavy atom. The fourth-order valence-corrected chi connectivity index (χ4v) is 2.53. The minimum Gasteiger partial charge on any atom is -0.391 e. The summed E-state index contributed by atoms with van der Waals surface area (Å²) < 4.78 is 0. The van der Waals surface area contributed by atoms with Gasteiger partial charge in [0.1, 0.15) is 5.69 Å². The molecule has 1 aromatic rings. The Morgan fingerprint density at radius 3 is 2.84 bits per heavy atom. The van der Waals surface area contributed by atoms with E-state index in [9.17, 15) is 9.90 Å². The van der Waals surface area contributed by atoms with Crippen molar-refractivity contribution >= 4 is 17.2 Å². The summed E-state index contributed by atoms with van der Waals surface area (Å²) in [6, 6.07) is 0. The SMILES string of the molecule is CC(C)(C)CC(O)CNC(=O)c1csc(CCN)n1. The number of nitrogens with two attached hydrogens (primary N) is 1. The number of aliphatic hydroxyl groups excluding tert-OH is 1. The molecule has 0 bridgehead atoms. The molecule has 1 unspecified atom stereocenters. The van der Waals surface area contributed by atoms with Gasteiger partial charge in [-0.1, -0.05) is 20.8 Å². The van der Waals surface area contributed by atoms with Crippen molar-refractivity contribution in [2.24, 2.45) is 11.1 Å². The van der Waals surface area contributed by atoms with E-state index in [1.807, 2.05) is 0 Å². The molecule has 0 spiro atoms. The van der Waals surface area contributed by atoms with Gasteiger partial charge in [0.25, 0.3) is 5.91 Å². The van der Waals surface area contributed by atoms with Crippen LogP contribution in [0.25, 0.3) is 0 Å². The summed E-state index contributed by atoms with van der Waals surface area (Å²) in [6.07, 6.45) is 0.791. The van der Waals surface area contributed by atoms with Crippen LogP contribution in [0, 0.1) is 5.41 Å². The number of carbonyl (C=O) groups is 1. The van der Waals surface area contributed by atoms with E-state index in [0.29, 0.717) is 25.1 Å². The number of thiazole rings is 1. The van der Waals surface area contributed by atoms with Gasteiger partial charge >= 0.3 is 0 Å². The molecule has 6 heteroatoms. The van der Waals surface area contributed by atoms with E-state index < -0.39 is 6.10 Å². The fraction of sp³-hybridized carbons (Fsp3) is 0.692. The molecular formula is C13H23N3O2S. The molecule has 1 amide bonds. The third kappa shape index (κ3) is 6.13. The maximum atomic E-state index is 11.8. The molecule has 4 N–H and O–H groups in total. The summed E-state index contributed by atoms with van der Waals surface area (Å²) in [4.78, 5) is 16.0. The Labute approximate surface area is 118 Å². The number of hydrogen-bond donors (Lipinski definition) is 3. The largest absolute Gasteiger partial charge is 0.391 e. The van der Waals surface area contributed by atoms with Crippen LogP contribution < -0.4 is 11.1 Å². The van der Waals surface area contributed by atoms with Crippen molar-refractivity contribution in [1.29, 1.82) is 0 Å². The zero-order chi connectivity index (χ0) is 14.5. The first-order valence-corrected chi connectivity index (χ1v) is 7.30. The molecular weight excluding hydrogens is 262 g/mol. The lowest BCUT2D eigenvalue weighted by molar-refractivity contribution is 0.0864. The number of nitrogens with one attached hydrogen (secondary N) is 1. The zero-order valence-corrected chi connectivity index (χ0v) is 12.6. The number of carbonyl (C=O) groups excluding carboxylic acids is 1. The zero-order valence-electron chi connectivity index (χ0n) is 11.8. The first-order valence-electron chi connectivity index (χ1n) is 6.42. The van der Waals surface area contributed by atoms with Crippen molar-refractivity contribution in [3.05, 3.63) is 16.1 Å². The van der Waals surface area contributed by atoms with Gasteiger partial charge in [-0.05, 0) is 18.4 Å². The van der Waals surface area contributed by atoms with Crippen LogP contribution in [0.4, 0.5) is 0 Å². The van der Waals surface area contributed by atoms with Crippen LogP contribution in [0.15, 0.2) is 5.38 Å². The summed E-state index contributed by atoms with van der Waals surface area (Å²) in [5.41, 5.74) is 5.88. The number of rotatable bonds is 6. The quantitative estimate of drug-likeness (QED) is 0.732. The summed E-state index contributed by atoms with van der Waals surface area (Å²) in [6.45, 7) is 6.94. The highest BCUT2D eigenvalue weighted by molar-refractivity contribution is 7.09. The summed E-state index contributed by atoms with van der Waals surface area (Å²) in [5.74, 6) is -0.243. The lowest BCUT2D eigenvalue weighted by Gasteiger charge is -2.22. The van der Waals surface area contributed by atoms with E-state index in [0.717, 1.165) is 5.01 Å². The minimum atomic E-state index is -0.536. The molecule has 1 heterocycles. The number of hydrogen-bond acceptors (Lipinski definition) is 5. The van der Waals surface area contributed by atoms with Crippen LogP contribution in [0.5, 0.6) is 0 Å². The van der Waals surface area contributed by atoms with Gasteiger partial charge in [0.05, 0.1) is 11.1 Å². The number of aromatic nitrogens is 1. The van der Waals surface area contributed by atoms with Crippen molar-refractivity contribution in [1.82, 2.24) is 10.3 Å². The number of nitrogens with zero attached hydrogens (tertiary/aromatic N) is 1. The molecule has 0 aliphatic heterocycles. The Bertz CT molecular complexity index is 412. The first-order chi connectivity index (χ1) is 8.81. The lowest BCUT2D eigenvalue weighted by Crippen LogP contribution is -2.34. The van der Waals surface area contributed by atoms with Gasteiger partial charge in [-0.2, -0.15) is 0 Å². The van der Waals surface area contributed by atoms with Crippen molar-refractivity contribution in [2.45, 2.75) is 39.7 Å². The van der Waals surface area contributed by atoms with Crippen LogP contribution in [-0.4, -0.2) is 35.2 Å². The van der Waals surface area contributed by atoms with E-state index in [-0.39, 0.29) is 17.9 Å². The normalized spacial score (nSPS) is 13.3. The summed E-state index contributed by atoms with van der Waals surface area (Å²) >= 11 is 1.43. The molecule has 5 nitrogen and oxygen atoms in total. The number of aliphatic hydroxyl groups is 1. The monoisotopic (exact) mass is 285 g/mol. The molecule has 19 heavy (non-hydrogen) atoms. The van der Waals surface area contributed by atoms with Gasteiger partial charge in [-0.3, -0.25) is 4.79 Å². The highest BCUT2D eigenvalue weighted by Crippen LogP contribution is 2.20. The Morgan fingerprint density at radius 2 is 2.26 bits per heavy atom. The van der Waals surface area contributed by atoms with Crippen LogP contribution in [0.3, 0.4) is 0 Å². The van der Waals surface area contributed by atoms with Crippen molar-refractivity contribution < 1.29 is 9.90 Å². The molecule has 0 radical (unpaired) electrons. The Hall–Kier alpha value is -0.980. The second-order valence-electron chi connectivity index (χ2n) is 5.79. The van der Waals surface area contributed by atoms with Gasteiger partial charge in [-0.25, -0.2) is 4.98 Å². The Balaban J connectivity index is 2.42. The number of amides is 1.